The van der Waals surface area contributed by atoms with Crippen LogP contribution in [0.3, 0.4) is 0 Å². The third-order valence-electron chi connectivity index (χ3n) is 3.62. The third-order valence-corrected chi connectivity index (χ3v) is 3.62. The Kier molecular flexibility index (Phi) is 3.38. The molecule has 0 aliphatic heterocycles. The number of hydrogen-bond donors (Lipinski definition) is 1. The van der Waals surface area contributed by atoms with Gasteiger partial charge in [-0.05, 0) is 30.9 Å². The Morgan fingerprint density at radius 1 is 1.26 bits per heavy atom. The first kappa shape index (κ1) is 12.4. The molecule has 1 aliphatic carbocycles. The molecule has 0 atom stereocenters. The van der Waals surface area contributed by atoms with E-state index in [-0.39, 0.29) is 0 Å². The first-order valence-corrected chi connectivity index (χ1v) is 7.02. The van der Waals surface area contributed by atoms with Crippen LogP contribution in [-0.2, 0) is 19.4 Å². The molecule has 0 spiro atoms. The van der Waals surface area contributed by atoms with Gasteiger partial charge in [0.05, 0.1) is 0 Å². The molecule has 0 saturated heterocycles. The van der Waals surface area contributed by atoms with Crippen LogP contribution in [0, 0.1) is 5.92 Å². The first-order chi connectivity index (χ1) is 9.25. The van der Waals surface area contributed by atoms with Gasteiger partial charge in [0.15, 0.2) is 5.76 Å². The Balaban J connectivity index is 1.83. The van der Waals surface area contributed by atoms with Gasteiger partial charge >= 0.3 is 0 Å². The topological polar surface area (TPSA) is 38.1 Å². The van der Waals surface area contributed by atoms with E-state index in [1.165, 1.54) is 16.7 Å². The van der Waals surface area contributed by atoms with Gasteiger partial charge in [0.25, 0.3) is 0 Å². The van der Waals surface area contributed by atoms with Gasteiger partial charge in [0.1, 0.15) is 5.69 Å². The summed E-state index contributed by atoms with van der Waals surface area (Å²) in [4.78, 5) is 0. The predicted octanol–water partition coefficient (Wildman–Crippen LogP) is 3.19. The lowest BCUT2D eigenvalue weighted by molar-refractivity contribution is 0.417. The van der Waals surface area contributed by atoms with E-state index in [1.54, 1.807) is 0 Å². The molecule has 1 N–H and O–H groups in total. The Morgan fingerprint density at radius 3 is 2.95 bits per heavy atom. The molecule has 100 valence electrons. The molecular formula is C16H20N2O. The normalized spacial score (nSPS) is 13.4. The molecule has 0 fully saturated rings. The van der Waals surface area contributed by atoms with E-state index in [0.29, 0.717) is 5.92 Å². The minimum absolute atomic E-state index is 0.656. The molecule has 3 rings (SSSR count). The van der Waals surface area contributed by atoms with Crippen LogP contribution in [-0.4, -0.2) is 11.7 Å². The molecule has 1 aliphatic rings. The van der Waals surface area contributed by atoms with Crippen LogP contribution < -0.4 is 5.32 Å². The molecule has 1 heterocycles. The highest BCUT2D eigenvalue weighted by Gasteiger charge is 2.23. The van der Waals surface area contributed by atoms with Gasteiger partial charge in [-0.3, -0.25) is 0 Å². The zero-order valence-corrected chi connectivity index (χ0v) is 11.6. The molecule has 19 heavy (non-hydrogen) atoms. The van der Waals surface area contributed by atoms with Crippen molar-refractivity contribution in [1.82, 2.24) is 10.5 Å². The fourth-order valence-electron chi connectivity index (χ4n) is 2.65. The fourth-order valence-corrected chi connectivity index (χ4v) is 2.65. The van der Waals surface area contributed by atoms with Crippen molar-refractivity contribution in [3.8, 4) is 11.3 Å². The lowest BCUT2D eigenvalue weighted by Crippen LogP contribution is -2.20. The summed E-state index contributed by atoms with van der Waals surface area (Å²) in [5.74, 6) is 1.63. The average Bonchev–Trinajstić information content (AvgIpc) is 2.82. The zero-order chi connectivity index (χ0) is 13.2. The van der Waals surface area contributed by atoms with E-state index < -0.39 is 0 Å². The number of rotatable bonds is 4. The maximum Gasteiger partial charge on any atom is 0.170 e. The molecule has 1 aromatic heterocycles. The van der Waals surface area contributed by atoms with Crippen LogP contribution in [0.15, 0.2) is 28.8 Å². The molecular weight excluding hydrogens is 236 g/mol. The Bertz CT molecular complexity index is 572. The van der Waals surface area contributed by atoms with Gasteiger partial charge in [-0.25, -0.2) is 0 Å². The van der Waals surface area contributed by atoms with E-state index in [1.807, 2.05) is 0 Å². The first-order valence-electron chi connectivity index (χ1n) is 7.02. The highest BCUT2D eigenvalue weighted by Crippen LogP contribution is 2.34. The number of aryl methyl sites for hydroxylation is 1. The van der Waals surface area contributed by atoms with Crippen molar-refractivity contribution in [2.24, 2.45) is 5.92 Å². The Morgan fingerprint density at radius 2 is 2.11 bits per heavy atom. The predicted molar refractivity (Wildman–Crippen MR) is 75.9 cm³/mol. The summed E-state index contributed by atoms with van der Waals surface area (Å²) in [6.45, 7) is 6.24. The van der Waals surface area contributed by atoms with Gasteiger partial charge < -0.3 is 9.84 Å². The van der Waals surface area contributed by atoms with Crippen LogP contribution >= 0.6 is 0 Å². The summed E-state index contributed by atoms with van der Waals surface area (Å²) in [5.41, 5.74) is 4.94. The lowest BCUT2D eigenvalue weighted by atomic mass is 9.89. The molecule has 3 heteroatoms. The number of fused-ring (bicyclic) bond motifs is 3. The van der Waals surface area contributed by atoms with E-state index in [4.69, 9.17) is 4.52 Å². The van der Waals surface area contributed by atoms with Crippen molar-refractivity contribution < 1.29 is 4.52 Å². The van der Waals surface area contributed by atoms with Crippen LogP contribution in [0.1, 0.15) is 30.7 Å². The summed E-state index contributed by atoms with van der Waals surface area (Å²) in [6, 6.07) is 8.46. The second kappa shape index (κ2) is 5.17. The molecule has 0 saturated carbocycles. The minimum atomic E-state index is 0.656. The summed E-state index contributed by atoms with van der Waals surface area (Å²) < 4.78 is 5.58. The summed E-state index contributed by atoms with van der Waals surface area (Å²) in [7, 11) is 0. The largest absolute Gasteiger partial charge is 0.356 e. The molecule has 0 radical (unpaired) electrons. The zero-order valence-electron chi connectivity index (χ0n) is 11.6. The summed E-state index contributed by atoms with van der Waals surface area (Å²) >= 11 is 0. The summed E-state index contributed by atoms with van der Waals surface area (Å²) in [6.07, 6.45) is 2.12. The molecule has 2 aromatic rings. The van der Waals surface area contributed by atoms with Crippen LogP contribution in [0.25, 0.3) is 11.3 Å². The van der Waals surface area contributed by atoms with Crippen molar-refractivity contribution in [2.75, 3.05) is 6.54 Å². The minimum Gasteiger partial charge on any atom is -0.356 e. The molecule has 3 nitrogen and oxygen atoms in total. The molecule has 1 aromatic carbocycles. The van der Waals surface area contributed by atoms with Gasteiger partial charge in [-0.15, -0.1) is 0 Å². The van der Waals surface area contributed by atoms with Gasteiger partial charge in [-0.2, -0.15) is 0 Å². The average molecular weight is 256 g/mol. The Labute approximate surface area is 114 Å². The van der Waals surface area contributed by atoms with E-state index in [2.05, 4.69) is 48.6 Å². The number of hydrogen-bond acceptors (Lipinski definition) is 3. The van der Waals surface area contributed by atoms with Crippen molar-refractivity contribution in [1.29, 1.82) is 0 Å². The van der Waals surface area contributed by atoms with Crippen molar-refractivity contribution >= 4 is 0 Å². The van der Waals surface area contributed by atoms with E-state index in [0.717, 1.165) is 37.4 Å². The number of benzene rings is 1. The van der Waals surface area contributed by atoms with Crippen molar-refractivity contribution in [3.05, 3.63) is 41.1 Å². The third kappa shape index (κ3) is 2.43. The van der Waals surface area contributed by atoms with E-state index >= 15 is 0 Å². The van der Waals surface area contributed by atoms with Crippen LogP contribution in [0.5, 0.6) is 0 Å². The highest BCUT2D eigenvalue weighted by molar-refractivity contribution is 5.68. The summed E-state index contributed by atoms with van der Waals surface area (Å²) in [5, 5.41) is 7.69. The molecule has 0 bridgehead atoms. The monoisotopic (exact) mass is 256 g/mol. The fraction of sp³-hybridized carbons (Fsp3) is 0.438. The van der Waals surface area contributed by atoms with Gasteiger partial charge in [0, 0.05) is 17.7 Å². The maximum atomic E-state index is 5.58. The standard InChI is InChI=1S/C16H20N2O/c1-11(2)9-17-10-15-14-8-7-12-5-3-4-6-13(12)16(14)19-18-15/h3-6,11,17H,7-10H2,1-2H3. The van der Waals surface area contributed by atoms with Gasteiger partial charge in [-0.1, -0.05) is 43.3 Å². The molecule has 0 amide bonds. The smallest absolute Gasteiger partial charge is 0.170 e. The SMILES string of the molecule is CC(C)CNCc1noc2c1CCc1ccccc1-2. The van der Waals surface area contributed by atoms with Crippen LogP contribution in [0.2, 0.25) is 0 Å². The molecule has 0 unspecified atom stereocenters. The van der Waals surface area contributed by atoms with Crippen molar-refractivity contribution in [3.63, 3.8) is 0 Å². The second-order valence-electron chi connectivity index (χ2n) is 5.62. The second-order valence-corrected chi connectivity index (χ2v) is 5.62. The van der Waals surface area contributed by atoms with Crippen molar-refractivity contribution in [2.45, 2.75) is 33.2 Å². The van der Waals surface area contributed by atoms with E-state index in [9.17, 15) is 0 Å². The maximum absolute atomic E-state index is 5.58. The Hall–Kier alpha value is -1.61. The highest BCUT2D eigenvalue weighted by atomic mass is 16.5. The number of nitrogens with zero attached hydrogens (tertiary/aromatic N) is 1. The lowest BCUT2D eigenvalue weighted by Gasteiger charge is -2.14. The number of aromatic nitrogens is 1. The van der Waals surface area contributed by atoms with Gasteiger partial charge in [0.2, 0.25) is 0 Å². The number of nitrogens with one attached hydrogen (secondary N) is 1. The van der Waals surface area contributed by atoms with Crippen LogP contribution in [0.4, 0.5) is 0 Å². The quantitative estimate of drug-likeness (QED) is 0.913.